The summed E-state index contributed by atoms with van der Waals surface area (Å²) in [7, 11) is 0. The maximum Gasteiger partial charge on any atom is 0.122 e. The van der Waals surface area contributed by atoms with E-state index >= 15 is 0 Å². The number of ether oxygens (including phenoxy) is 1. The van der Waals surface area contributed by atoms with E-state index in [1.54, 1.807) is 0 Å². The molecule has 0 spiro atoms. The van der Waals surface area contributed by atoms with Gasteiger partial charge in [-0.25, -0.2) is 0 Å². The van der Waals surface area contributed by atoms with Gasteiger partial charge in [-0.05, 0) is 61.1 Å². The highest BCUT2D eigenvalue weighted by Crippen LogP contribution is 2.24. The Morgan fingerprint density at radius 1 is 1.05 bits per heavy atom. The predicted molar refractivity (Wildman–Crippen MR) is 88.9 cm³/mol. The molecule has 2 aromatic carbocycles. The number of rotatable bonds is 5. The molecule has 1 unspecified atom stereocenters. The molecule has 0 aromatic heterocycles. The molecule has 1 atom stereocenters. The van der Waals surface area contributed by atoms with Crippen molar-refractivity contribution >= 4 is 0 Å². The predicted octanol–water partition coefficient (Wildman–Crippen LogP) is 4.25. The van der Waals surface area contributed by atoms with Crippen molar-refractivity contribution in [1.29, 1.82) is 0 Å². The third kappa shape index (κ3) is 3.85. The van der Waals surface area contributed by atoms with Crippen molar-refractivity contribution in [2.24, 2.45) is 5.73 Å². The summed E-state index contributed by atoms with van der Waals surface area (Å²) >= 11 is 0. The van der Waals surface area contributed by atoms with Gasteiger partial charge in [0.05, 0.1) is 6.04 Å². The molecule has 0 aliphatic carbocycles. The van der Waals surface area contributed by atoms with Crippen LogP contribution in [0.2, 0.25) is 0 Å². The van der Waals surface area contributed by atoms with Crippen molar-refractivity contribution in [2.45, 2.75) is 40.2 Å². The van der Waals surface area contributed by atoms with Gasteiger partial charge in [0, 0.05) is 0 Å². The lowest BCUT2D eigenvalue weighted by Gasteiger charge is -2.17. The third-order valence-electron chi connectivity index (χ3n) is 4.00. The Labute approximate surface area is 127 Å². The van der Waals surface area contributed by atoms with Crippen molar-refractivity contribution in [3.05, 3.63) is 64.2 Å². The summed E-state index contributed by atoms with van der Waals surface area (Å²) in [6.45, 7) is 8.93. The summed E-state index contributed by atoms with van der Waals surface area (Å²) in [4.78, 5) is 0. The van der Waals surface area contributed by atoms with Gasteiger partial charge in [-0.3, -0.25) is 0 Å². The molecule has 0 amide bonds. The lowest BCUT2D eigenvalue weighted by molar-refractivity contribution is 0.288. The molecule has 2 aromatic rings. The Bertz CT molecular complexity index is 602. The Hall–Kier alpha value is -1.80. The van der Waals surface area contributed by atoms with Crippen molar-refractivity contribution in [2.75, 3.05) is 6.61 Å². The molecule has 2 rings (SSSR count). The van der Waals surface area contributed by atoms with E-state index in [0.29, 0.717) is 6.61 Å². The Morgan fingerprint density at radius 2 is 1.71 bits per heavy atom. The van der Waals surface area contributed by atoms with Crippen LogP contribution < -0.4 is 10.5 Å². The van der Waals surface area contributed by atoms with Crippen molar-refractivity contribution in [3.63, 3.8) is 0 Å². The van der Waals surface area contributed by atoms with E-state index in [1.165, 1.54) is 22.3 Å². The largest absolute Gasteiger partial charge is 0.491 e. The van der Waals surface area contributed by atoms with Gasteiger partial charge in [0.2, 0.25) is 0 Å². The van der Waals surface area contributed by atoms with Crippen LogP contribution in [0.1, 0.15) is 40.8 Å². The van der Waals surface area contributed by atoms with Crippen LogP contribution in [0.15, 0.2) is 36.4 Å². The van der Waals surface area contributed by atoms with E-state index in [2.05, 4.69) is 64.1 Å². The zero-order valence-corrected chi connectivity index (χ0v) is 13.4. The molecular formula is C19H25NO. The summed E-state index contributed by atoms with van der Waals surface area (Å²) in [6.07, 6.45) is 1.05. The van der Waals surface area contributed by atoms with Gasteiger partial charge in [0.1, 0.15) is 12.4 Å². The second kappa shape index (κ2) is 6.77. The van der Waals surface area contributed by atoms with Gasteiger partial charge >= 0.3 is 0 Å². The van der Waals surface area contributed by atoms with Gasteiger partial charge in [-0.15, -0.1) is 0 Å². The topological polar surface area (TPSA) is 35.2 Å². The molecule has 0 heterocycles. The van der Waals surface area contributed by atoms with E-state index in [0.717, 1.165) is 17.7 Å². The second-order valence-corrected chi connectivity index (χ2v) is 5.72. The average molecular weight is 283 g/mol. The Balaban J connectivity index is 2.05. The molecule has 112 valence electrons. The maximum absolute atomic E-state index is 6.24. The zero-order chi connectivity index (χ0) is 15.4. The van der Waals surface area contributed by atoms with E-state index in [1.807, 2.05) is 0 Å². The highest BCUT2D eigenvalue weighted by Gasteiger charge is 2.09. The first-order valence-electron chi connectivity index (χ1n) is 7.56. The fourth-order valence-corrected chi connectivity index (χ4v) is 2.43. The fourth-order valence-electron chi connectivity index (χ4n) is 2.43. The van der Waals surface area contributed by atoms with Gasteiger partial charge in [-0.2, -0.15) is 0 Å². The van der Waals surface area contributed by atoms with Crippen LogP contribution in [0.5, 0.6) is 5.75 Å². The number of hydrogen-bond acceptors (Lipinski definition) is 2. The van der Waals surface area contributed by atoms with Gasteiger partial charge in [0.15, 0.2) is 0 Å². The highest BCUT2D eigenvalue weighted by atomic mass is 16.5. The highest BCUT2D eigenvalue weighted by molar-refractivity contribution is 5.42. The SMILES string of the molecule is CCc1ccc(C(N)COc2cc(C)cc(C)c2C)cc1. The smallest absolute Gasteiger partial charge is 0.122 e. The lowest BCUT2D eigenvalue weighted by atomic mass is 10.0. The number of hydrogen-bond donors (Lipinski definition) is 1. The molecule has 0 radical (unpaired) electrons. The Morgan fingerprint density at radius 3 is 2.33 bits per heavy atom. The van der Waals surface area contributed by atoms with Crippen LogP contribution in [-0.2, 0) is 6.42 Å². The van der Waals surface area contributed by atoms with Crippen LogP contribution in [-0.4, -0.2) is 6.61 Å². The molecule has 21 heavy (non-hydrogen) atoms. The molecule has 0 saturated carbocycles. The van der Waals surface area contributed by atoms with Crippen molar-refractivity contribution in [1.82, 2.24) is 0 Å². The molecule has 0 aliphatic rings. The van der Waals surface area contributed by atoms with Crippen LogP contribution in [0.3, 0.4) is 0 Å². The average Bonchev–Trinajstić information content (AvgIpc) is 2.49. The number of nitrogens with two attached hydrogens (primary N) is 1. The summed E-state index contributed by atoms with van der Waals surface area (Å²) < 4.78 is 5.95. The fraction of sp³-hybridized carbons (Fsp3) is 0.368. The summed E-state index contributed by atoms with van der Waals surface area (Å²) in [5.41, 5.74) is 12.3. The first-order valence-corrected chi connectivity index (χ1v) is 7.56. The van der Waals surface area contributed by atoms with Crippen molar-refractivity contribution in [3.8, 4) is 5.75 Å². The van der Waals surface area contributed by atoms with E-state index in [4.69, 9.17) is 10.5 Å². The summed E-state index contributed by atoms with van der Waals surface area (Å²) in [5.74, 6) is 0.938. The number of benzene rings is 2. The lowest BCUT2D eigenvalue weighted by Crippen LogP contribution is -2.19. The minimum Gasteiger partial charge on any atom is -0.491 e. The van der Waals surface area contributed by atoms with Gasteiger partial charge < -0.3 is 10.5 Å². The second-order valence-electron chi connectivity index (χ2n) is 5.72. The quantitative estimate of drug-likeness (QED) is 0.890. The first-order chi connectivity index (χ1) is 10.0. The molecule has 0 bridgehead atoms. The third-order valence-corrected chi connectivity index (χ3v) is 4.00. The first kappa shape index (κ1) is 15.6. The van der Waals surface area contributed by atoms with Gasteiger partial charge in [0.25, 0.3) is 0 Å². The van der Waals surface area contributed by atoms with Crippen LogP contribution in [0.25, 0.3) is 0 Å². The molecule has 0 aliphatic heterocycles. The molecule has 2 nitrogen and oxygen atoms in total. The van der Waals surface area contributed by atoms with E-state index in [-0.39, 0.29) is 6.04 Å². The standard InChI is InChI=1S/C19H25NO/c1-5-16-6-8-17(9-7-16)18(20)12-21-19-11-13(2)10-14(3)15(19)4/h6-11,18H,5,12,20H2,1-4H3. The number of aryl methyl sites for hydroxylation is 3. The van der Waals surface area contributed by atoms with Crippen LogP contribution >= 0.6 is 0 Å². The van der Waals surface area contributed by atoms with Gasteiger partial charge in [-0.1, -0.05) is 37.3 Å². The minimum absolute atomic E-state index is 0.101. The molecular weight excluding hydrogens is 258 g/mol. The summed E-state index contributed by atoms with van der Waals surface area (Å²) in [5, 5.41) is 0. The normalized spacial score (nSPS) is 12.2. The molecule has 2 N–H and O–H groups in total. The molecule has 0 fully saturated rings. The summed E-state index contributed by atoms with van der Waals surface area (Å²) in [6, 6.07) is 12.6. The molecule has 0 saturated heterocycles. The van der Waals surface area contributed by atoms with Crippen LogP contribution in [0, 0.1) is 20.8 Å². The Kier molecular flexibility index (Phi) is 5.03. The molecule has 2 heteroatoms. The van der Waals surface area contributed by atoms with Crippen molar-refractivity contribution < 1.29 is 4.74 Å². The maximum atomic E-state index is 6.24. The minimum atomic E-state index is -0.101. The monoisotopic (exact) mass is 283 g/mol. The zero-order valence-electron chi connectivity index (χ0n) is 13.4. The van der Waals surface area contributed by atoms with E-state index < -0.39 is 0 Å². The van der Waals surface area contributed by atoms with E-state index in [9.17, 15) is 0 Å². The van der Waals surface area contributed by atoms with Crippen LogP contribution in [0.4, 0.5) is 0 Å².